The van der Waals surface area contributed by atoms with Crippen molar-refractivity contribution in [2.75, 3.05) is 20.3 Å². The Labute approximate surface area is 264 Å². The second kappa shape index (κ2) is 10.9. The molecule has 0 saturated carbocycles. The predicted molar refractivity (Wildman–Crippen MR) is 148 cm³/mol. The van der Waals surface area contributed by atoms with E-state index in [1.807, 2.05) is 5.32 Å². The standard InChI is InChI=1S/C29H22F7N5O7/c1-26(24(37)43)11-46-22-15(26)8-19(39-21(22)12-3-4-16-17(6-12)48-29(35,36)47-16)27(44,28(32,33)34)10-38-23(42)13-5-14-9-41(25(30)31)40-20(14)18(7-13)45-2/h3-9,25,44H,10-11H2,1-2H3,(H2,37,43)(H,38,42)/t26-,27?/m0/s1. The highest BCUT2D eigenvalue weighted by atomic mass is 19.4. The zero-order valence-corrected chi connectivity index (χ0v) is 24.5. The second-order valence-electron chi connectivity index (χ2n) is 11.1. The molecule has 0 fully saturated rings. The first-order valence-electron chi connectivity index (χ1n) is 13.7. The number of methoxy groups -OCH3 is 1. The monoisotopic (exact) mass is 685 g/mol. The lowest BCUT2D eigenvalue weighted by Gasteiger charge is -2.31. The van der Waals surface area contributed by atoms with Crippen LogP contribution in [-0.2, 0) is 15.8 Å². The van der Waals surface area contributed by atoms with Gasteiger partial charge in [0.1, 0.15) is 34.7 Å². The number of rotatable bonds is 8. The number of nitrogens with one attached hydrogen (secondary N) is 1. The Kier molecular flexibility index (Phi) is 7.38. The smallest absolute Gasteiger partial charge is 0.494 e. The number of aromatic nitrogens is 3. The Bertz CT molecular complexity index is 1990. The highest BCUT2D eigenvalue weighted by molar-refractivity contribution is 6.00. The van der Waals surface area contributed by atoms with E-state index in [1.165, 1.54) is 6.92 Å². The van der Waals surface area contributed by atoms with Crippen molar-refractivity contribution in [2.24, 2.45) is 5.73 Å². The number of carbonyl (C=O) groups excluding carboxylic acids is 2. The summed E-state index contributed by atoms with van der Waals surface area (Å²) in [5, 5.41) is 16.9. The number of hydrogen-bond acceptors (Lipinski definition) is 9. The van der Waals surface area contributed by atoms with Gasteiger partial charge < -0.3 is 35.1 Å². The number of ether oxygens (including phenoxy) is 4. The highest BCUT2D eigenvalue weighted by Crippen LogP contribution is 2.50. The van der Waals surface area contributed by atoms with Crippen LogP contribution in [0.5, 0.6) is 23.0 Å². The van der Waals surface area contributed by atoms with Crippen molar-refractivity contribution in [2.45, 2.75) is 37.0 Å². The minimum absolute atomic E-state index is 0.00281. The summed E-state index contributed by atoms with van der Waals surface area (Å²) in [6.45, 7) is -3.74. The number of pyridine rings is 1. The van der Waals surface area contributed by atoms with Gasteiger partial charge in [-0.25, -0.2) is 9.67 Å². The molecule has 2 aromatic heterocycles. The number of benzene rings is 2. The zero-order chi connectivity index (χ0) is 35.0. The molecule has 19 heteroatoms. The molecule has 0 bridgehead atoms. The molecule has 0 spiro atoms. The lowest BCUT2D eigenvalue weighted by atomic mass is 9.81. The van der Waals surface area contributed by atoms with E-state index in [0.717, 1.165) is 49.7 Å². The number of carbonyl (C=O) groups is 2. The van der Waals surface area contributed by atoms with Gasteiger partial charge in [0.2, 0.25) is 11.5 Å². The van der Waals surface area contributed by atoms with E-state index in [0.29, 0.717) is 4.68 Å². The van der Waals surface area contributed by atoms with Gasteiger partial charge in [0.05, 0.1) is 19.3 Å². The Hall–Kier alpha value is -5.33. The van der Waals surface area contributed by atoms with Gasteiger partial charge in [0, 0.05) is 28.3 Å². The molecule has 2 aliphatic rings. The van der Waals surface area contributed by atoms with Crippen LogP contribution in [0.25, 0.3) is 22.2 Å². The van der Waals surface area contributed by atoms with E-state index in [9.17, 15) is 45.4 Å². The van der Waals surface area contributed by atoms with E-state index < -0.39 is 72.1 Å². The maximum absolute atomic E-state index is 14.8. The number of aliphatic hydroxyl groups is 1. The normalized spacial score (nSPS) is 19.1. The van der Waals surface area contributed by atoms with Gasteiger partial charge in [-0.2, -0.15) is 27.1 Å². The first kappa shape index (κ1) is 32.6. The van der Waals surface area contributed by atoms with E-state index in [1.54, 1.807) is 0 Å². The predicted octanol–water partition coefficient (Wildman–Crippen LogP) is 4.14. The van der Waals surface area contributed by atoms with Gasteiger partial charge in [0.25, 0.3) is 5.91 Å². The fourth-order valence-corrected chi connectivity index (χ4v) is 5.25. The molecule has 4 aromatic rings. The van der Waals surface area contributed by atoms with Gasteiger partial charge in [-0.05, 0) is 43.3 Å². The summed E-state index contributed by atoms with van der Waals surface area (Å²) in [7, 11) is 1.16. The van der Waals surface area contributed by atoms with E-state index in [-0.39, 0.29) is 44.8 Å². The maximum atomic E-state index is 14.8. The molecular formula is C29H22F7N5O7. The zero-order valence-electron chi connectivity index (χ0n) is 24.5. The van der Waals surface area contributed by atoms with Gasteiger partial charge in [-0.3, -0.25) is 9.59 Å². The van der Waals surface area contributed by atoms with Crippen LogP contribution in [0.4, 0.5) is 30.7 Å². The van der Waals surface area contributed by atoms with Crippen LogP contribution in [-0.4, -0.2) is 64.4 Å². The summed E-state index contributed by atoms with van der Waals surface area (Å²) in [6, 6.07) is 6.08. The Morgan fingerprint density at radius 3 is 2.50 bits per heavy atom. The van der Waals surface area contributed by atoms with Crippen molar-refractivity contribution in [3.8, 4) is 34.3 Å². The number of alkyl halides is 7. The molecule has 2 atom stereocenters. The molecule has 48 heavy (non-hydrogen) atoms. The number of amides is 2. The molecular weight excluding hydrogens is 663 g/mol. The first-order chi connectivity index (χ1) is 22.4. The van der Waals surface area contributed by atoms with Gasteiger partial charge in [0.15, 0.2) is 11.5 Å². The van der Waals surface area contributed by atoms with Gasteiger partial charge >= 0.3 is 19.0 Å². The van der Waals surface area contributed by atoms with Crippen molar-refractivity contribution in [1.82, 2.24) is 20.1 Å². The summed E-state index contributed by atoms with van der Waals surface area (Å²) in [5.41, 5.74) is -2.33. The number of primary amides is 1. The molecule has 0 saturated heterocycles. The Morgan fingerprint density at radius 1 is 1.15 bits per heavy atom. The SMILES string of the molecule is COc1cc(C(=O)NCC(O)(c2cc3c(c(-c4ccc5c(c4)OC(F)(F)O5)n2)OC[C@]3(C)C(N)=O)C(F)(F)F)cc2cn(C(F)F)nc12. The van der Waals surface area contributed by atoms with Crippen LogP contribution in [0.15, 0.2) is 42.6 Å². The highest BCUT2D eigenvalue weighted by Gasteiger charge is 2.58. The van der Waals surface area contributed by atoms with Crippen LogP contribution in [0, 0.1) is 0 Å². The molecule has 4 N–H and O–H groups in total. The third-order valence-electron chi connectivity index (χ3n) is 7.96. The fraction of sp³-hybridized carbons (Fsp3) is 0.310. The third-order valence-corrected chi connectivity index (χ3v) is 7.96. The number of halogens is 7. The number of hydrogen-bond donors (Lipinski definition) is 3. The largest absolute Gasteiger partial charge is 0.586 e. The number of nitrogens with two attached hydrogens (primary N) is 1. The second-order valence-corrected chi connectivity index (χ2v) is 11.1. The van der Waals surface area contributed by atoms with E-state index >= 15 is 0 Å². The van der Waals surface area contributed by atoms with Crippen molar-refractivity contribution in [3.63, 3.8) is 0 Å². The Balaban J connectivity index is 1.42. The summed E-state index contributed by atoms with van der Waals surface area (Å²) >= 11 is 0. The quantitative estimate of drug-likeness (QED) is 0.232. The first-order valence-corrected chi connectivity index (χ1v) is 13.7. The van der Waals surface area contributed by atoms with Crippen LogP contribution in [0.1, 0.15) is 35.1 Å². The van der Waals surface area contributed by atoms with Crippen LogP contribution >= 0.6 is 0 Å². The molecule has 2 amide bonds. The summed E-state index contributed by atoms with van der Waals surface area (Å²) in [4.78, 5) is 29.6. The summed E-state index contributed by atoms with van der Waals surface area (Å²) < 4.78 is 118. The maximum Gasteiger partial charge on any atom is 0.586 e. The number of nitrogens with zero attached hydrogens (tertiary/aromatic N) is 3. The minimum atomic E-state index is -5.53. The minimum Gasteiger partial charge on any atom is -0.494 e. The fourth-order valence-electron chi connectivity index (χ4n) is 5.25. The molecule has 2 aliphatic heterocycles. The summed E-state index contributed by atoms with van der Waals surface area (Å²) in [6.07, 6.45) is -8.65. The van der Waals surface area contributed by atoms with E-state index in [2.05, 4.69) is 19.6 Å². The lowest BCUT2D eigenvalue weighted by molar-refractivity contribution is -0.286. The van der Waals surface area contributed by atoms with Gasteiger partial charge in [-0.1, -0.05) is 0 Å². The average molecular weight is 686 g/mol. The van der Waals surface area contributed by atoms with E-state index in [4.69, 9.17) is 15.2 Å². The van der Waals surface area contributed by atoms with Crippen molar-refractivity contribution in [3.05, 3.63) is 59.4 Å². The molecule has 4 heterocycles. The molecule has 2 aromatic carbocycles. The van der Waals surface area contributed by atoms with Gasteiger partial charge in [-0.15, -0.1) is 8.78 Å². The van der Waals surface area contributed by atoms with Crippen LogP contribution in [0.2, 0.25) is 0 Å². The molecule has 0 aliphatic carbocycles. The molecule has 254 valence electrons. The lowest BCUT2D eigenvalue weighted by Crippen LogP contribution is -2.51. The molecule has 6 rings (SSSR count). The molecule has 0 radical (unpaired) electrons. The van der Waals surface area contributed by atoms with Crippen LogP contribution < -0.4 is 30.0 Å². The van der Waals surface area contributed by atoms with Crippen molar-refractivity contribution >= 4 is 22.7 Å². The topological polar surface area (TPSA) is 160 Å². The average Bonchev–Trinajstić information content (AvgIpc) is 3.70. The van der Waals surface area contributed by atoms with Crippen molar-refractivity contribution < 1.29 is 64.4 Å². The Morgan fingerprint density at radius 2 is 1.85 bits per heavy atom. The summed E-state index contributed by atoms with van der Waals surface area (Å²) in [5.74, 6) is -3.40. The molecule has 12 nitrogen and oxygen atoms in total. The number of fused-ring (bicyclic) bond motifs is 3. The van der Waals surface area contributed by atoms with Crippen molar-refractivity contribution in [1.29, 1.82) is 0 Å². The molecule has 1 unspecified atom stereocenters. The third kappa shape index (κ3) is 5.23. The van der Waals surface area contributed by atoms with Crippen LogP contribution in [0.3, 0.4) is 0 Å².